The van der Waals surface area contributed by atoms with Gasteiger partial charge in [-0.2, -0.15) is 0 Å². The summed E-state index contributed by atoms with van der Waals surface area (Å²) in [5.41, 5.74) is 14.1. The van der Waals surface area contributed by atoms with Gasteiger partial charge in [0.25, 0.3) is 0 Å². The molecule has 1 aliphatic rings. The van der Waals surface area contributed by atoms with Crippen LogP contribution < -0.4 is 20.9 Å². The molecule has 188 valence electrons. The minimum Gasteiger partial charge on any atom is -0.457 e. The van der Waals surface area contributed by atoms with Crippen LogP contribution in [0.4, 0.5) is 15.3 Å². The predicted octanol–water partition coefficient (Wildman–Crippen LogP) is 5.42. The van der Waals surface area contributed by atoms with Crippen molar-refractivity contribution >= 4 is 17.9 Å². The molecular weight excluding hydrogens is 458 g/mol. The predicted molar refractivity (Wildman–Crippen MR) is 137 cm³/mol. The zero-order valence-corrected chi connectivity index (χ0v) is 20.7. The van der Waals surface area contributed by atoms with Crippen molar-refractivity contribution in [2.24, 2.45) is 5.73 Å². The van der Waals surface area contributed by atoms with E-state index >= 15 is 0 Å². The van der Waals surface area contributed by atoms with Crippen molar-refractivity contribution in [1.82, 2.24) is 4.90 Å². The van der Waals surface area contributed by atoms with E-state index in [1.807, 2.05) is 62.1 Å². The van der Waals surface area contributed by atoms with E-state index in [4.69, 9.17) is 25.7 Å². The van der Waals surface area contributed by atoms with Gasteiger partial charge in [-0.05, 0) is 74.6 Å². The first kappa shape index (κ1) is 24.9. The normalized spacial score (nSPS) is 13.1. The zero-order chi connectivity index (χ0) is 25.9. The SMILES string of the molecule is CC(C)(C)OC(=O)N(Cc1ccc(Oc2ccc(OC(N)=O)c(N)c2)cc1)C1Cc2ccccc2C1. The fraction of sp³-hybridized carbons (Fsp3) is 0.286. The van der Waals surface area contributed by atoms with Gasteiger partial charge in [-0.1, -0.05) is 36.4 Å². The van der Waals surface area contributed by atoms with E-state index in [0.717, 1.165) is 18.4 Å². The molecule has 2 amide bonds. The Balaban J connectivity index is 1.47. The van der Waals surface area contributed by atoms with Crippen molar-refractivity contribution in [1.29, 1.82) is 0 Å². The van der Waals surface area contributed by atoms with Crippen molar-refractivity contribution in [3.63, 3.8) is 0 Å². The number of rotatable bonds is 6. The molecule has 0 saturated heterocycles. The summed E-state index contributed by atoms with van der Waals surface area (Å²) in [4.78, 5) is 25.9. The molecule has 3 aromatic carbocycles. The topological polar surface area (TPSA) is 117 Å². The molecule has 0 heterocycles. The highest BCUT2D eigenvalue weighted by Gasteiger charge is 2.32. The molecule has 0 fully saturated rings. The number of carbonyl (C=O) groups is 2. The number of hydrogen-bond donors (Lipinski definition) is 2. The molecule has 0 atom stereocenters. The van der Waals surface area contributed by atoms with Gasteiger partial charge in [-0.15, -0.1) is 0 Å². The van der Waals surface area contributed by atoms with Gasteiger partial charge in [0.15, 0.2) is 5.75 Å². The lowest BCUT2D eigenvalue weighted by atomic mass is 10.1. The summed E-state index contributed by atoms with van der Waals surface area (Å²) in [6, 6.07) is 20.5. The van der Waals surface area contributed by atoms with Gasteiger partial charge >= 0.3 is 12.2 Å². The van der Waals surface area contributed by atoms with Crippen LogP contribution in [-0.4, -0.2) is 28.7 Å². The molecule has 8 nitrogen and oxygen atoms in total. The Morgan fingerprint density at radius 2 is 1.56 bits per heavy atom. The number of amides is 2. The van der Waals surface area contributed by atoms with Crippen LogP contribution in [0.15, 0.2) is 66.7 Å². The molecule has 0 aliphatic heterocycles. The highest BCUT2D eigenvalue weighted by atomic mass is 16.6. The summed E-state index contributed by atoms with van der Waals surface area (Å²) >= 11 is 0. The maximum Gasteiger partial charge on any atom is 0.410 e. The van der Waals surface area contributed by atoms with Crippen LogP contribution in [-0.2, 0) is 24.1 Å². The van der Waals surface area contributed by atoms with Crippen LogP contribution >= 0.6 is 0 Å². The lowest BCUT2D eigenvalue weighted by Crippen LogP contribution is -2.43. The van der Waals surface area contributed by atoms with Crippen LogP contribution in [0.2, 0.25) is 0 Å². The molecular formula is C28H31N3O5. The van der Waals surface area contributed by atoms with E-state index in [1.165, 1.54) is 17.2 Å². The summed E-state index contributed by atoms with van der Waals surface area (Å²) in [5, 5.41) is 0. The Morgan fingerprint density at radius 1 is 0.944 bits per heavy atom. The third kappa shape index (κ3) is 6.27. The van der Waals surface area contributed by atoms with E-state index in [9.17, 15) is 9.59 Å². The summed E-state index contributed by atoms with van der Waals surface area (Å²) in [6.45, 7) is 6.04. The quantitative estimate of drug-likeness (QED) is 0.446. The molecule has 36 heavy (non-hydrogen) atoms. The molecule has 3 aromatic rings. The van der Waals surface area contributed by atoms with Gasteiger partial charge in [0.05, 0.1) is 5.69 Å². The van der Waals surface area contributed by atoms with E-state index in [2.05, 4.69) is 12.1 Å². The average molecular weight is 490 g/mol. The Kier molecular flexibility index (Phi) is 7.05. The first-order valence-corrected chi connectivity index (χ1v) is 11.8. The lowest BCUT2D eigenvalue weighted by Gasteiger charge is -2.31. The molecule has 0 saturated carbocycles. The minimum absolute atomic E-state index is 0.0253. The van der Waals surface area contributed by atoms with Crippen LogP contribution in [0, 0.1) is 0 Å². The molecule has 0 bridgehead atoms. The second-order valence-electron chi connectivity index (χ2n) is 9.81. The van der Waals surface area contributed by atoms with Gasteiger partial charge in [-0.25, -0.2) is 9.59 Å². The molecule has 0 unspecified atom stereocenters. The third-order valence-electron chi connectivity index (χ3n) is 5.80. The number of nitrogens with two attached hydrogens (primary N) is 2. The molecule has 1 aliphatic carbocycles. The minimum atomic E-state index is -0.937. The zero-order valence-electron chi connectivity index (χ0n) is 20.7. The second kappa shape index (κ2) is 10.2. The van der Waals surface area contributed by atoms with Gasteiger partial charge in [0.1, 0.15) is 17.1 Å². The third-order valence-corrected chi connectivity index (χ3v) is 5.80. The number of fused-ring (bicyclic) bond motifs is 1. The number of ether oxygens (including phenoxy) is 3. The molecule has 0 aromatic heterocycles. The molecule has 0 radical (unpaired) electrons. The van der Waals surface area contributed by atoms with E-state index < -0.39 is 11.7 Å². The fourth-order valence-electron chi connectivity index (χ4n) is 4.21. The molecule has 4 rings (SSSR count). The largest absolute Gasteiger partial charge is 0.457 e. The monoisotopic (exact) mass is 489 g/mol. The average Bonchev–Trinajstić information content (AvgIpc) is 3.23. The van der Waals surface area contributed by atoms with E-state index in [1.54, 1.807) is 12.1 Å². The van der Waals surface area contributed by atoms with Crippen LogP contribution in [0.1, 0.15) is 37.5 Å². The molecule has 8 heteroatoms. The summed E-state index contributed by atoms with van der Waals surface area (Å²) < 4.78 is 16.5. The number of nitrogens with zero attached hydrogens (tertiary/aromatic N) is 1. The summed E-state index contributed by atoms with van der Waals surface area (Å²) in [5.74, 6) is 1.25. The van der Waals surface area contributed by atoms with Gasteiger partial charge < -0.3 is 30.6 Å². The van der Waals surface area contributed by atoms with E-state index in [0.29, 0.717) is 18.0 Å². The van der Waals surface area contributed by atoms with Crippen molar-refractivity contribution in [2.45, 2.75) is 51.8 Å². The van der Waals surface area contributed by atoms with Crippen molar-refractivity contribution in [3.8, 4) is 17.2 Å². The van der Waals surface area contributed by atoms with Crippen molar-refractivity contribution in [3.05, 3.63) is 83.4 Å². The lowest BCUT2D eigenvalue weighted by molar-refractivity contribution is 0.0148. The Labute approximate surface area is 210 Å². The first-order chi connectivity index (χ1) is 17.1. The standard InChI is InChI=1S/C28H31N3O5/c1-28(2,3)36-27(33)31(21-14-19-6-4-5-7-20(19)15-21)17-18-8-10-22(11-9-18)34-23-12-13-25(24(29)16-23)35-26(30)32/h4-13,16,21H,14-15,17,29H2,1-3H3,(H2,30,32). The molecule has 4 N–H and O–H groups in total. The fourth-order valence-corrected chi connectivity index (χ4v) is 4.21. The number of hydrogen-bond acceptors (Lipinski definition) is 6. The van der Waals surface area contributed by atoms with Gasteiger partial charge in [0, 0.05) is 18.7 Å². The number of benzene rings is 3. The highest BCUT2D eigenvalue weighted by Crippen LogP contribution is 2.31. The van der Waals surface area contributed by atoms with Crippen molar-refractivity contribution < 1.29 is 23.8 Å². The van der Waals surface area contributed by atoms with Gasteiger partial charge in [-0.3, -0.25) is 0 Å². The Bertz CT molecular complexity index is 1230. The van der Waals surface area contributed by atoms with Crippen LogP contribution in [0.5, 0.6) is 17.2 Å². The maximum atomic E-state index is 13.2. The first-order valence-electron chi connectivity index (χ1n) is 11.8. The van der Waals surface area contributed by atoms with Crippen LogP contribution in [0.3, 0.4) is 0 Å². The molecule has 0 spiro atoms. The number of primary amides is 1. The van der Waals surface area contributed by atoms with Gasteiger partial charge in [0.2, 0.25) is 0 Å². The summed E-state index contributed by atoms with van der Waals surface area (Å²) in [6.07, 6.45) is 0.336. The highest BCUT2D eigenvalue weighted by molar-refractivity contribution is 5.71. The number of carbonyl (C=O) groups excluding carboxylic acids is 2. The Hall–Kier alpha value is -4.20. The Morgan fingerprint density at radius 3 is 2.11 bits per heavy atom. The maximum absolute atomic E-state index is 13.2. The summed E-state index contributed by atoms with van der Waals surface area (Å²) in [7, 11) is 0. The number of nitrogen functional groups attached to an aromatic ring is 1. The van der Waals surface area contributed by atoms with Crippen molar-refractivity contribution in [2.75, 3.05) is 5.73 Å². The second-order valence-corrected chi connectivity index (χ2v) is 9.81. The van der Waals surface area contributed by atoms with E-state index in [-0.39, 0.29) is 23.6 Å². The van der Waals surface area contributed by atoms with Crippen LogP contribution in [0.25, 0.3) is 0 Å². The number of anilines is 1. The smallest absolute Gasteiger partial charge is 0.410 e.